The van der Waals surface area contributed by atoms with Crippen molar-refractivity contribution in [1.29, 1.82) is 0 Å². The van der Waals surface area contributed by atoms with Crippen LogP contribution in [-0.4, -0.2) is 57.5 Å². The molecule has 7 heteroatoms. The molecule has 1 amide bonds. The zero-order chi connectivity index (χ0) is 21.1. The Morgan fingerprint density at radius 1 is 1.07 bits per heavy atom. The number of rotatable bonds is 7. The average molecular weight is 410 g/mol. The number of amides is 1. The van der Waals surface area contributed by atoms with Crippen LogP contribution in [0.2, 0.25) is 0 Å². The summed E-state index contributed by atoms with van der Waals surface area (Å²) in [4.78, 5) is 26.1. The molecule has 1 aliphatic carbocycles. The van der Waals surface area contributed by atoms with E-state index in [1.807, 2.05) is 13.8 Å². The number of carbonyl (C=O) groups is 1. The zero-order valence-electron chi connectivity index (χ0n) is 17.9. The van der Waals surface area contributed by atoms with Crippen LogP contribution in [-0.2, 0) is 11.3 Å². The number of aromatic nitrogens is 2. The minimum Gasteiger partial charge on any atom is -0.453 e. The number of ether oxygens (including phenoxy) is 1. The molecule has 0 bridgehead atoms. The van der Waals surface area contributed by atoms with Gasteiger partial charge in [0.25, 0.3) is 5.91 Å². The summed E-state index contributed by atoms with van der Waals surface area (Å²) in [5.74, 6) is 0.0368. The predicted octanol–water partition coefficient (Wildman–Crippen LogP) is 2.71. The molecule has 160 valence electrons. The van der Waals surface area contributed by atoms with Crippen molar-refractivity contribution >= 4 is 11.6 Å². The van der Waals surface area contributed by atoms with E-state index in [4.69, 9.17) is 10.5 Å². The Morgan fingerprint density at radius 2 is 1.67 bits per heavy atom. The molecule has 1 aliphatic heterocycles. The fourth-order valence-corrected chi connectivity index (χ4v) is 4.21. The van der Waals surface area contributed by atoms with Crippen molar-refractivity contribution in [3.8, 4) is 6.01 Å². The molecule has 1 aromatic carbocycles. The number of anilines is 1. The van der Waals surface area contributed by atoms with Gasteiger partial charge in [-0.1, -0.05) is 30.3 Å². The Balaban J connectivity index is 1.32. The van der Waals surface area contributed by atoms with E-state index in [1.54, 1.807) is 0 Å². The lowest BCUT2D eigenvalue weighted by Crippen LogP contribution is -2.49. The van der Waals surface area contributed by atoms with Gasteiger partial charge in [0.05, 0.1) is 17.1 Å². The molecular formula is C23H31N5O2. The van der Waals surface area contributed by atoms with Crippen molar-refractivity contribution < 1.29 is 9.53 Å². The zero-order valence-corrected chi connectivity index (χ0v) is 17.9. The fourth-order valence-electron chi connectivity index (χ4n) is 4.21. The van der Waals surface area contributed by atoms with E-state index in [1.165, 1.54) is 5.56 Å². The molecule has 2 heterocycles. The van der Waals surface area contributed by atoms with Gasteiger partial charge in [-0.25, -0.2) is 0 Å². The van der Waals surface area contributed by atoms with Gasteiger partial charge in [0.15, 0.2) is 6.61 Å². The van der Waals surface area contributed by atoms with Crippen LogP contribution in [0.1, 0.15) is 42.6 Å². The summed E-state index contributed by atoms with van der Waals surface area (Å²) in [5.41, 5.74) is 9.16. The second kappa shape index (κ2) is 9.00. The number of nitrogens with zero attached hydrogens (tertiary/aromatic N) is 4. The van der Waals surface area contributed by atoms with E-state index < -0.39 is 0 Å². The monoisotopic (exact) mass is 409 g/mol. The molecule has 1 aromatic heterocycles. The maximum atomic E-state index is 13.0. The lowest BCUT2D eigenvalue weighted by atomic mass is 10.0. The Bertz CT molecular complexity index is 853. The second-order valence-electron chi connectivity index (χ2n) is 8.40. The molecule has 4 rings (SSSR count). The number of aryl methyl sites for hydroxylation is 2. The van der Waals surface area contributed by atoms with E-state index in [2.05, 4.69) is 50.1 Å². The van der Waals surface area contributed by atoms with E-state index >= 15 is 0 Å². The summed E-state index contributed by atoms with van der Waals surface area (Å²) in [6.07, 6.45) is 4.19. The number of hydrogen-bond donors (Lipinski definition) is 1. The molecule has 7 nitrogen and oxygen atoms in total. The van der Waals surface area contributed by atoms with Crippen LogP contribution in [0.3, 0.4) is 0 Å². The number of benzene rings is 1. The van der Waals surface area contributed by atoms with E-state index in [9.17, 15) is 4.79 Å². The molecule has 0 unspecified atom stereocenters. The first kappa shape index (κ1) is 20.6. The Labute approximate surface area is 178 Å². The molecule has 0 atom stereocenters. The third kappa shape index (κ3) is 4.90. The number of nitrogen functional groups attached to an aromatic ring is 1. The van der Waals surface area contributed by atoms with Crippen LogP contribution in [0.25, 0.3) is 0 Å². The molecule has 1 saturated carbocycles. The number of nitrogens with two attached hydrogens (primary N) is 1. The Kier molecular flexibility index (Phi) is 6.18. The quantitative estimate of drug-likeness (QED) is 0.757. The van der Waals surface area contributed by atoms with Gasteiger partial charge in [0, 0.05) is 31.7 Å². The highest BCUT2D eigenvalue weighted by molar-refractivity contribution is 5.78. The second-order valence-corrected chi connectivity index (χ2v) is 8.40. The van der Waals surface area contributed by atoms with Gasteiger partial charge in [-0.15, -0.1) is 0 Å². The van der Waals surface area contributed by atoms with Gasteiger partial charge in [-0.2, -0.15) is 9.97 Å². The summed E-state index contributed by atoms with van der Waals surface area (Å²) in [6, 6.07) is 11.4. The highest BCUT2D eigenvalue weighted by Crippen LogP contribution is 2.32. The molecule has 1 saturated heterocycles. The molecule has 2 N–H and O–H groups in total. The lowest BCUT2D eigenvalue weighted by molar-refractivity contribution is -0.137. The topological polar surface area (TPSA) is 84.6 Å². The third-order valence-corrected chi connectivity index (χ3v) is 6.06. The number of hydrogen-bond acceptors (Lipinski definition) is 6. The Morgan fingerprint density at radius 3 is 2.27 bits per heavy atom. The normalized spacial score (nSPS) is 17.7. The van der Waals surface area contributed by atoms with E-state index in [-0.39, 0.29) is 24.6 Å². The third-order valence-electron chi connectivity index (χ3n) is 6.06. The van der Waals surface area contributed by atoms with Crippen LogP contribution in [0.4, 0.5) is 5.69 Å². The summed E-state index contributed by atoms with van der Waals surface area (Å²) < 4.78 is 5.65. The van der Waals surface area contributed by atoms with Crippen molar-refractivity contribution in [3.63, 3.8) is 0 Å². The number of piperidine rings is 1. The van der Waals surface area contributed by atoms with Crippen molar-refractivity contribution in [2.24, 2.45) is 0 Å². The van der Waals surface area contributed by atoms with Gasteiger partial charge in [-0.3, -0.25) is 9.69 Å². The minimum atomic E-state index is -0.0243. The molecule has 2 fully saturated rings. The molecule has 2 aromatic rings. The molecule has 2 aliphatic rings. The van der Waals surface area contributed by atoms with Gasteiger partial charge in [0.2, 0.25) is 0 Å². The largest absolute Gasteiger partial charge is 0.453 e. The summed E-state index contributed by atoms with van der Waals surface area (Å²) in [7, 11) is 0. The first-order chi connectivity index (χ1) is 14.5. The summed E-state index contributed by atoms with van der Waals surface area (Å²) in [6.45, 7) is 6.61. The van der Waals surface area contributed by atoms with Crippen LogP contribution >= 0.6 is 0 Å². The molecular weight excluding hydrogens is 378 g/mol. The maximum Gasteiger partial charge on any atom is 0.317 e. The van der Waals surface area contributed by atoms with Crippen molar-refractivity contribution in [3.05, 3.63) is 47.3 Å². The van der Waals surface area contributed by atoms with Crippen LogP contribution in [0, 0.1) is 13.8 Å². The maximum absolute atomic E-state index is 13.0. The van der Waals surface area contributed by atoms with Crippen molar-refractivity contribution in [2.45, 2.75) is 58.2 Å². The summed E-state index contributed by atoms with van der Waals surface area (Å²) in [5, 5.41) is 0. The fraction of sp³-hybridized carbons (Fsp3) is 0.522. The van der Waals surface area contributed by atoms with Gasteiger partial charge < -0.3 is 15.4 Å². The van der Waals surface area contributed by atoms with Gasteiger partial charge in [-0.05, 0) is 45.1 Å². The van der Waals surface area contributed by atoms with Crippen LogP contribution < -0.4 is 10.5 Å². The number of carbonyl (C=O) groups excluding carboxylic acids is 1. The SMILES string of the molecule is Cc1nc(OCC(=O)N(C2CC2)C2CCN(Cc3ccccc3)CC2)nc(C)c1N. The highest BCUT2D eigenvalue weighted by atomic mass is 16.5. The average Bonchev–Trinajstić information content (AvgIpc) is 3.57. The number of likely N-dealkylation sites (tertiary alicyclic amines) is 1. The summed E-state index contributed by atoms with van der Waals surface area (Å²) >= 11 is 0. The molecule has 30 heavy (non-hydrogen) atoms. The lowest BCUT2D eigenvalue weighted by Gasteiger charge is -2.38. The molecule has 0 radical (unpaired) electrons. The Hall–Kier alpha value is -2.67. The smallest absolute Gasteiger partial charge is 0.317 e. The van der Waals surface area contributed by atoms with Crippen molar-refractivity contribution in [1.82, 2.24) is 19.8 Å². The van der Waals surface area contributed by atoms with Crippen molar-refractivity contribution in [2.75, 3.05) is 25.4 Å². The standard InChI is InChI=1S/C23H31N5O2/c1-16-22(24)17(2)26-23(25-16)30-15-21(29)28(19-8-9-19)20-10-12-27(13-11-20)14-18-6-4-3-5-7-18/h3-7,19-20H,8-15,24H2,1-2H3. The predicted molar refractivity (Wildman–Crippen MR) is 116 cm³/mol. The highest BCUT2D eigenvalue weighted by Gasteiger charge is 2.38. The van der Waals surface area contributed by atoms with Crippen LogP contribution in [0.15, 0.2) is 30.3 Å². The first-order valence-electron chi connectivity index (χ1n) is 10.8. The minimum absolute atomic E-state index is 0.0243. The van der Waals surface area contributed by atoms with Gasteiger partial charge in [0.1, 0.15) is 0 Å². The van der Waals surface area contributed by atoms with E-state index in [0.29, 0.717) is 23.1 Å². The van der Waals surface area contributed by atoms with Crippen LogP contribution in [0.5, 0.6) is 6.01 Å². The van der Waals surface area contributed by atoms with E-state index in [0.717, 1.165) is 45.3 Å². The first-order valence-corrected chi connectivity index (χ1v) is 10.8. The molecule has 0 spiro atoms. The van der Waals surface area contributed by atoms with Gasteiger partial charge >= 0.3 is 6.01 Å².